The third-order valence-corrected chi connectivity index (χ3v) is 4.33. The van der Waals surface area contributed by atoms with E-state index in [4.69, 9.17) is 0 Å². The minimum absolute atomic E-state index is 0.0139. The van der Waals surface area contributed by atoms with E-state index in [9.17, 15) is 4.79 Å². The second kappa shape index (κ2) is 6.46. The zero-order chi connectivity index (χ0) is 15.5. The molecule has 0 bridgehead atoms. The summed E-state index contributed by atoms with van der Waals surface area (Å²) in [6, 6.07) is 3.97. The van der Waals surface area contributed by atoms with Gasteiger partial charge in [-0.05, 0) is 43.7 Å². The van der Waals surface area contributed by atoms with E-state index in [0.717, 1.165) is 30.9 Å². The lowest BCUT2D eigenvalue weighted by molar-refractivity contribution is 0.0910. The van der Waals surface area contributed by atoms with Crippen LogP contribution in [-0.2, 0) is 0 Å². The summed E-state index contributed by atoms with van der Waals surface area (Å²) < 4.78 is 0. The van der Waals surface area contributed by atoms with Gasteiger partial charge in [-0.1, -0.05) is 27.2 Å². The van der Waals surface area contributed by atoms with Crippen LogP contribution in [0.3, 0.4) is 0 Å². The van der Waals surface area contributed by atoms with Gasteiger partial charge in [0, 0.05) is 23.8 Å². The third kappa shape index (κ3) is 3.96. The Bertz CT molecular complexity index is 511. The molecule has 1 aliphatic rings. The topological polar surface area (TPSA) is 54.0 Å². The second-order valence-electron chi connectivity index (χ2n) is 6.72. The highest BCUT2D eigenvalue weighted by Gasteiger charge is 2.35. The van der Waals surface area contributed by atoms with Gasteiger partial charge in [0.25, 0.3) is 5.91 Å². The summed E-state index contributed by atoms with van der Waals surface area (Å²) in [7, 11) is 0. The Morgan fingerprint density at radius 3 is 2.81 bits per heavy atom. The minimum atomic E-state index is 0.0139. The molecule has 1 aromatic heterocycles. The van der Waals surface area contributed by atoms with E-state index < -0.39 is 0 Å². The number of rotatable bonds is 5. The van der Waals surface area contributed by atoms with Gasteiger partial charge in [-0.15, -0.1) is 0 Å². The molecule has 0 spiro atoms. The predicted molar refractivity (Wildman–Crippen MR) is 86.6 cm³/mol. The van der Waals surface area contributed by atoms with E-state index >= 15 is 0 Å². The molecule has 1 amide bonds. The van der Waals surface area contributed by atoms with Crippen LogP contribution in [0.1, 0.15) is 62.5 Å². The van der Waals surface area contributed by atoms with E-state index in [1.165, 1.54) is 12.8 Å². The first-order chi connectivity index (χ1) is 9.92. The van der Waals surface area contributed by atoms with Crippen LogP contribution in [0.2, 0.25) is 0 Å². The van der Waals surface area contributed by atoms with Crippen LogP contribution in [0.5, 0.6) is 0 Å². The van der Waals surface area contributed by atoms with E-state index in [2.05, 4.69) is 36.4 Å². The number of nitrogens with zero attached hydrogens (tertiary/aromatic N) is 1. The average molecular weight is 289 g/mol. The molecule has 1 aromatic rings. The summed E-state index contributed by atoms with van der Waals surface area (Å²) in [6.07, 6.45) is 4.48. The van der Waals surface area contributed by atoms with Crippen LogP contribution in [0.25, 0.3) is 0 Å². The Balaban J connectivity index is 2.10. The molecule has 21 heavy (non-hydrogen) atoms. The molecule has 1 unspecified atom stereocenters. The van der Waals surface area contributed by atoms with Gasteiger partial charge >= 0.3 is 0 Å². The molecule has 0 aliphatic heterocycles. The van der Waals surface area contributed by atoms with Crippen LogP contribution in [0.4, 0.5) is 5.82 Å². The van der Waals surface area contributed by atoms with Gasteiger partial charge in [0.1, 0.15) is 5.82 Å². The first-order valence-corrected chi connectivity index (χ1v) is 7.96. The number of nitrogens with one attached hydrogen (secondary N) is 2. The summed E-state index contributed by atoms with van der Waals surface area (Å²) in [6.45, 7) is 9.37. The molecular formula is C17H27N3O. The SMILES string of the molecule is CCCNc1cc(C(=O)NC2CCCC2(C)C)cc(C)n1. The van der Waals surface area contributed by atoms with Gasteiger partial charge in [-0.25, -0.2) is 4.98 Å². The monoisotopic (exact) mass is 289 g/mol. The van der Waals surface area contributed by atoms with Crippen molar-refractivity contribution < 1.29 is 4.79 Å². The molecular weight excluding hydrogens is 262 g/mol. The van der Waals surface area contributed by atoms with E-state index in [1.807, 2.05) is 19.1 Å². The van der Waals surface area contributed by atoms with E-state index in [-0.39, 0.29) is 17.4 Å². The molecule has 1 heterocycles. The number of pyridine rings is 1. The van der Waals surface area contributed by atoms with Crippen molar-refractivity contribution in [2.45, 2.75) is 59.4 Å². The molecule has 1 fully saturated rings. The molecule has 0 radical (unpaired) electrons. The van der Waals surface area contributed by atoms with Crippen molar-refractivity contribution in [1.29, 1.82) is 0 Å². The first kappa shape index (κ1) is 15.8. The van der Waals surface area contributed by atoms with Crippen molar-refractivity contribution in [1.82, 2.24) is 10.3 Å². The zero-order valence-corrected chi connectivity index (χ0v) is 13.6. The molecule has 0 saturated heterocycles. The fourth-order valence-corrected chi connectivity index (χ4v) is 2.98. The van der Waals surface area contributed by atoms with Crippen LogP contribution in [0.15, 0.2) is 12.1 Å². The largest absolute Gasteiger partial charge is 0.370 e. The quantitative estimate of drug-likeness (QED) is 0.872. The van der Waals surface area contributed by atoms with Gasteiger partial charge in [0.05, 0.1) is 0 Å². The van der Waals surface area contributed by atoms with Crippen LogP contribution >= 0.6 is 0 Å². The fraction of sp³-hybridized carbons (Fsp3) is 0.647. The molecule has 0 aromatic carbocycles. The highest BCUT2D eigenvalue weighted by atomic mass is 16.1. The van der Waals surface area contributed by atoms with Crippen molar-refractivity contribution in [3.8, 4) is 0 Å². The van der Waals surface area contributed by atoms with Gasteiger partial charge in [0.15, 0.2) is 0 Å². The number of hydrogen-bond acceptors (Lipinski definition) is 3. The second-order valence-corrected chi connectivity index (χ2v) is 6.72. The summed E-state index contributed by atoms with van der Waals surface area (Å²) in [5.74, 6) is 0.799. The van der Waals surface area contributed by atoms with Crippen LogP contribution < -0.4 is 10.6 Å². The van der Waals surface area contributed by atoms with E-state index in [1.54, 1.807) is 0 Å². The zero-order valence-electron chi connectivity index (χ0n) is 13.6. The van der Waals surface area contributed by atoms with Crippen molar-refractivity contribution in [2.75, 3.05) is 11.9 Å². The first-order valence-electron chi connectivity index (χ1n) is 7.96. The highest BCUT2D eigenvalue weighted by Crippen LogP contribution is 2.37. The Morgan fingerprint density at radius 2 is 2.19 bits per heavy atom. The van der Waals surface area contributed by atoms with Crippen molar-refractivity contribution in [3.05, 3.63) is 23.4 Å². The average Bonchev–Trinajstić information content (AvgIpc) is 2.75. The Morgan fingerprint density at radius 1 is 1.43 bits per heavy atom. The summed E-state index contributed by atoms with van der Waals surface area (Å²) in [4.78, 5) is 16.9. The van der Waals surface area contributed by atoms with Gasteiger partial charge in [-0.3, -0.25) is 4.79 Å². The number of aryl methyl sites for hydroxylation is 1. The molecule has 1 atom stereocenters. The lowest BCUT2D eigenvalue weighted by Gasteiger charge is -2.27. The molecule has 4 nitrogen and oxygen atoms in total. The van der Waals surface area contributed by atoms with Crippen LogP contribution in [0, 0.1) is 12.3 Å². The highest BCUT2D eigenvalue weighted by molar-refractivity contribution is 5.95. The fourth-order valence-electron chi connectivity index (χ4n) is 2.98. The summed E-state index contributed by atoms with van der Waals surface area (Å²) in [5, 5.41) is 6.45. The molecule has 1 aliphatic carbocycles. The summed E-state index contributed by atoms with van der Waals surface area (Å²) in [5.41, 5.74) is 1.76. The predicted octanol–water partition coefficient (Wildman–Crippen LogP) is 3.52. The van der Waals surface area contributed by atoms with Crippen molar-refractivity contribution in [3.63, 3.8) is 0 Å². The molecule has 4 heteroatoms. The lowest BCUT2D eigenvalue weighted by Crippen LogP contribution is -2.41. The lowest BCUT2D eigenvalue weighted by atomic mass is 9.87. The molecule has 2 rings (SSSR count). The van der Waals surface area contributed by atoms with Gasteiger partial charge in [0.2, 0.25) is 0 Å². The maximum absolute atomic E-state index is 12.5. The standard InChI is InChI=1S/C17H27N3O/c1-5-9-18-15-11-13(10-12(2)19-15)16(21)20-14-7-6-8-17(14,3)4/h10-11,14H,5-9H2,1-4H3,(H,18,19)(H,20,21). The number of anilines is 1. The number of carbonyl (C=O) groups is 1. The van der Waals surface area contributed by atoms with Crippen molar-refractivity contribution >= 4 is 11.7 Å². The Labute approximate surface area is 127 Å². The Hall–Kier alpha value is -1.58. The number of hydrogen-bond donors (Lipinski definition) is 2. The Kier molecular flexibility index (Phi) is 4.86. The number of aromatic nitrogens is 1. The maximum atomic E-state index is 12.5. The van der Waals surface area contributed by atoms with Gasteiger partial charge < -0.3 is 10.6 Å². The third-order valence-electron chi connectivity index (χ3n) is 4.33. The van der Waals surface area contributed by atoms with Gasteiger partial charge in [-0.2, -0.15) is 0 Å². The normalized spacial score (nSPS) is 20.3. The molecule has 116 valence electrons. The maximum Gasteiger partial charge on any atom is 0.251 e. The summed E-state index contributed by atoms with van der Waals surface area (Å²) >= 11 is 0. The molecule has 2 N–H and O–H groups in total. The number of carbonyl (C=O) groups excluding carboxylic acids is 1. The number of amides is 1. The van der Waals surface area contributed by atoms with Crippen molar-refractivity contribution in [2.24, 2.45) is 5.41 Å². The minimum Gasteiger partial charge on any atom is -0.370 e. The van der Waals surface area contributed by atoms with Crippen LogP contribution in [-0.4, -0.2) is 23.5 Å². The smallest absolute Gasteiger partial charge is 0.251 e. The van der Waals surface area contributed by atoms with E-state index in [0.29, 0.717) is 5.56 Å². The molecule has 1 saturated carbocycles.